The van der Waals surface area contributed by atoms with Crippen LogP contribution >= 0.6 is 11.3 Å². The highest BCUT2D eigenvalue weighted by Crippen LogP contribution is 2.38. The van der Waals surface area contributed by atoms with E-state index in [1.165, 1.54) is 49.0 Å². The Morgan fingerprint density at radius 1 is 1.06 bits per heavy atom. The van der Waals surface area contributed by atoms with Crippen LogP contribution in [0.1, 0.15) is 62.8 Å². The van der Waals surface area contributed by atoms with E-state index in [2.05, 4.69) is 28.4 Å². The zero-order chi connectivity index (χ0) is 24.0. The van der Waals surface area contributed by atoms with Crippen molar-refractivity contribution in [3.05, 3.63) is 29.1 Å². The van der Waals surface area contributed by atoms with Crippen molar-refractivity contribution in [3.63, 3.8) is 0 Å². The first-order valence-electron chi connectivity index (χ1n) is 13.2. The molecule has 1 aromatic heterocycles. The Kier molecular flexibility index (Phi) is 8.21. The maximum absolute atomic E-state index is 13.1. The second-order valence-corrected chi connectivity index (χ2v) is 10.8. The molecule has 35 heavy (non-hydrogen) atoms. The van der Waals surface area contributed by atoms with Crippen LogP contribution in [0.4, 0.5) is 9.93 Å². The lowest BCUT2D eigenvalue weighted by molar-refractivity contribution is 0.0357. The summed E-state index contributed by atoms with van der Waals surface area (Å²) in [5, 5.41) is 5.72. The van der Waals surface area contributed by atoms with Crippen molar-refractivity contribution in [3.8, 4) is 17.0 Å². The zero-order valence-electron chi connectivity index (χ0n) is 20.8. The average Bonchev–Trinajstić information content (AvgIpc) is 3.23. The van der Waals surface area contributed by atoms with Gasteiger partial charge in [0.15, 0.2) is 5.13 Å². The molecular weight excluding hydrogens is 460 g/mol. The number of hydrogen-bond donors (Lipinski definition) is 1. The number of hydrogen-bond acceptors (Lipinski definition) is 6. The number of amides is 2. The van der Waals surface area contributed by atoms with Crippen molar-refractivity contribution < 1.29 is 14.3 Å². The number of ether oxygens (including phenoxy) is 2. The molecule has 3 heterocycles. The van der Waals surface area contributed by atoms with Crippen LogP contribution in [0.5, 0.6) is 5.75 Å². The minimum atomic E-state index is -0.0531. The highest BCUT2D eigenvalue weighted by atomic mass is 32.1. The number of urea groups is 1. The molecule has 3 fully saturated rings. The number of aromatic nitrogens is 1. The molecule has 1 aromatic carbocycles. The van der Waals surface area contributed by atoms with Gasteiger partial charge in [-0.05, 0) is 55.7 Å². The van der Waals surface area contributed by atoms with Gasteiger partial charge in [0.25, 0.3) is 0 Å². The number of thiazole rings is 1. The van der Waals surface area contributed by atoms with Gasteiger partial charge in [0.2, 0.25) is 0 Å². The fourth-order valence-corrected chi connectivity index (χ4v) is 6.50. The lowest BCUT2D eigenvalue weighted by Crippen LogP contribution is -2.42. The monoisotopic (exact) mass is 498 g/mol. The first-order chi connectivity index (χ1) is 17.2. The average molecular weight is 499 g/mol. The molecule has 1 N–H and O–H groups in total. The van der Waals surface area contributed by atoms with Gasteiger partial charge < -0.3 is 14.4 Å². The van der Waals surface area contributed by atoms with Crippen molar-refractivity contribution in [2.45, 2.75) is 63.3 Å². The van der Waals surface area contributed by atoms with Crippen molar-refractivity contribution in [1.29, 1.82) is 0 Å². The molecular formula is C27H38N4O3S. The molecule has 2 saturated heterocycles. The fraction of sp³-hybridized carbons (Fsp3) is 0.630. The molecule has 0 unspecified atom stereocenters. The van der Waals surface area contributed by atoms with E-state index in [9.17, 15) is 4.79 Å². The van der Waals surface area contributed by atoms with Crippen LogP contribution in [0.15, 0.2) is 23.6 Å². The molecule has 3 aliphatic rings. The van der Waals surface area contributed by atoms with Gasteiger partial charge in [-0.15, -0.1) is 11.3 Å². The summed E-state index contributed by atoms with van der Waals surface area (Å²) in [6, 6.07) is 7.05. The van der Waals surface area contributed by atoms with Crippen LogP contribution in [0.25, 0.3) is 11.3 Å². The molecule has 0 radical (unpaired) electrons. The predicted octanol–water partition coefficient (Wildman–Crippen LogP) is 5.59. The number of carbonyl (C=O) groups is 1. The highest BCUT2D eigenvalue weighted by molar-refractivity contribution is 7.14. The molecule has 2 aromatic rings. The van der Waals surface area contributed by atoms with Gasteiger partial charge in [-0.3, -0.25) is 10.2 Å². The second kappa shape index (κ2) is 11.7. The van der Waals surface area contributed by atoms with Gasteiger partial charge in [-0.1, -0.05) is 25.3 Å². The van der Waals surface area contributed by atoms with Crippen LogP contribution in [0.3, 0.4) is 0 Å². The van der Waals surface area contributed by atoms with Gasteiger partial charge in [0.1, 0.15) is 5.75 Å². The van der Waals surface area contributed by atoms with Crippen molar-refractivity contribution in [1.82, 2.24) is 14.8 Å². The van der Waals surface area contributed by atoms with Gasteiger partial charge in [-0.25, -0.2) is 9.78 Å². The number of carbonyl (C=O) groups excluding carboxylic acids is 1. The van der Waals surface area contributed by atoms with Crippen LogP contribution in [0.2, 0.25) is 0 Å². The van der Waals surface area contributed by atoms with E-state index in [-0.39, 0.29) is 6.03 Å². The Hall–Kier alpha value is -2.16. The molecule has 1 aliphatic carbocycles. The molecule has 0 spiro atoms. The minimum Gasteiger partial charge on any atom is -0.496 e. The first kappa shape index (κ1) is 24.5. The Morgan fingerprint density at radius 2 is 1.89 bits per heavy atom. The third-order valence-corrected chi connectivity index (χ3v) is 8.58. The number of rotatable bonds is 5. The van der Waals surface area contributed by atoms with E-state index < -0.39 is 0 Å². The van der Waals surface area contributed by atoms with Gasteiger partial charge in [0, 0.05) is 56.4 Å². The van der Waals surface area contributed by atoms with E-state index in [0.29, 0.717) is 17.1 Å². The van der Waals surface area contributed by atoms with Crippen molar-refractivity contribution in [2.24, 2.45) is 0 Å². The smallest absolute Gasteiger partial charge is 0.323 e. The second-order valence-electron chi connectivity index (χ2n) is 9.98. The Labute approximate surface area is 212 Å². The number of benzene rings is 1. The van der Waals surface area contributed by atoms with Crippen LogP contribution < -0.4 is 10.1 Å². The lowest BCUT2D eigenvalue weighted by Gasteiger charge is -2.33. The van der Waals surface area contributed by atoms with Crippen LogP contribution in [-0.2, 0) is 4.74 Å². The van der Waals surface area contributed by atoms with E-state index in [1.807, 2.05) is 10.3 Å². The van der Waals surface area contributed by atoms with Crippen LogP contribution in [0, 0.1) is 0 Å². The minimum absolute atomic E-state index is 0.0531. The topological polar surface area (TPSA) is 66.9 Å². The van der Waals surface area contributed by atoms with Crippen LogP contribution in [-0.4, -0.2) is 73.4 Å². The number of anilines is 1. The SMILES string of the molecule is COc1ccc(C2CCCCC2)cc1-c1csc(NC(=O)N2CCCN(C3CCOCC3)CC2)n1. The first-order valence-corrected chi connectivity index (χ1v) is 14.1. The van der Waals surface area contributed by atoms with E-state index in [0.717, 1.165) is 75.7 Å². The summed E-state index contributed by atoms with van der Waals surface area (Å²) in [7, 11) is 1.71. The molecule has 5 rings (SSSR count). The highest BCUT2D eigenvalue weighted by Gasteiger charge is 2.26. The molecule has 8 heteroatoms. The molecule has 0 bridgehead atoms. The fourth-order valence-electron chi connectivity index (χ4n) is 5.80. The van der Waals surface area contributed by atoms with Crippen molar-refractivity contribution >= 4 is 22.5 Å². The molecule has 7 nitrogen and oxygen atoms in total. The summed E-state index contributed by atoms with van der Waals surface area (Å²) in [6.07, 6.45) is 9.67. The predicted molar refractivity (Wildman–Crippen MR) is 141 cm³/mol. The third-order valence-electron chi connectivity index (χ3n) is 7.82. The molecule has 2 aliphatic heterocycles. The molecule has 1 saturated carbocycles. The summed E-state index contributed by atoms with van der Waals surface area (Å²) < 4.78 is 11.2. The number of nitrogens with one attached hydrogen (secondary N) is 1. The molecule has 190 valence electrons. The number of nitrogens with zero attached hydrogens (tertiary/aromatic N) is 3. The third kappa shape index (κ3) is 5.98. The largest absolute Gasteiger partial charge is 0.496 e. The van der Waals surface area contributed by atoms with E-state index in [1.54, 1.807) is 7.11 Å². The summed E-state index contributed by atoms with van der Waals surface area (Å²) in [4.78, 5) is 22.3. The standard InChI is InChI=1S/C27H38N4O3S/c1-33-25-9-8-21(20-6-3-2-4-7-20)18-23(25)24-19-35-26(28-24)29-27(32)31-13-5-12-30(14-15-31)22-10-16-34-17-11-22/h8-9,18-20,22H,2-7,10-17H2,1H3,(H,28,29,32). The normalized spacial score (nSPS) is 21.0. The molecule has 2 amide bonds. The summed E-state index contributed by atoms with van der Waals surface area (Å²) >= 11 is 1.48. The summed E-state index contributed by atoms with van der Waals surface area (Å²) in [6.45, 7) is 5.21. The lowest BCUT2D eigenvalue weighted by atomic mass is 9.83. The van der Waals surface area contributed by atoms with Gasteiger partial charge in [0.05, 0.1) is 12.8 Å². The maximum Gasteiger partial charge on any atom is 0.323 e. The Bertz CT molecular complexity index is 985. The van der Waals surface area contributed by atoms with Gasteiger partial charge in [-0.2, -0.15) is 0 Å². The maximum atomic E-state index is 13.1. The van der Waals surface area contributed by atoms with E-state index >= 15 is 0 Å². The summed E-state index contributed by atoms with van der Waals surface area (Å²) in [5.74, 6) is 1.45. The van der Waals surface area contributed by atoms with E-state index in [4.69, 9.17) is 14.5 Å². The quantitative estimate of drug-likeness (QED) is 0.583. The zero-order valence-corrected chi connectivity index (χ0v) is 21.7. The molecule has 0 atom stereocenters. The summed E-state index contributed by atoms with van der Waals surface area (Å²) in [5.41, 5.74) is 3.24. The van der Waals surface area contributed by atoms with Gasteiger partial charge >= 0.3 is 6.03 Å². The Morgan fingerprint density at radius 3 is 2.69 bits per heavy atom. The van der Waals surface area contributed by atoms with Crippen molar-refractivity contribution in [2.75, 3.05) is 51.8 Å². The number of methoxy groups -OCH3 is 1. The Balaban J connectivity index is 1.23.